The largest absolute Gasteiger partial charge is 0.512 e. The molecule has 0 bridgehead atoms. The number of alkyl halides is 6. The molecule has 0 radical (unpaired) electrons. The maximum absolute atomic E-state index is 11.5. The lowest BCUT2D eigenvalue weighted by molar-refractivity contribution is -0.0476. The average Bonchev–Trinajstić information content (AvgIpc) is 3.33. The first-order chi connectivity index (χ1) is 18.6. The van der Waals surface area contributed by atoms with E-state index in [0.29, 0.717) is 0 Å². The summed E-state index contributed by atoms with van der Waals surface area (Å²) in [7, 11) is -13.2. The molecule has 0 saturated carbocycles. The zero-order valence-electron chi connectivity index (χ0n) is 22.2. The van der Waals surface area contributed by atoms with Crippen molar-refractivity contribution in [3.05, 3.63) is 36.5 Å². The zero-order valence-corrected chi connectivity index (χ0v) is 23.8. The molecule has 1 N–H and O–H groups in total. The summed E-state index contributed by atoms with van der Waals surface area (Å²) in [6, 6.07) is 10.3. The molecule has 0 aliphatic carbocycles. The van der Waals surface area contributed by atoms with Gasteiger partial charge in [-0.15, -0.1) is 5.10 Å². The number of aryl methyl sites for hydroxylation is 1. The first kappa shape index (κ1) is 35.8. The maximum atomic E-state index is 11.5. The monoisotopic (exact) mass is 622 g/mol. The van der Waals surface area contributed by atoms with Gasteiger partial charge in [0.25, 0.3) is 0 Å². The van der Waals surface area contributed by atoms with Crippen LogP contribution in [-0.4, -0.2) is 42.8 Å². The van der Waals surface area contributed by atoms with Crippen molar-refractivity contribution in [2.75, 3.05) is 0 Å². The third-order valence-corrected chi connectivity index (χ3v) is 8.65. The van der Waals surface area contributed by atoms with Crippen LogP contribution in [0.5, 0.6) is 0 Å². The Balaban J connectivity index is 0.000000459. The summed E-state index contributed by atoms with van der Waals surface area (Å²) in [5, 5.41) is 8.52. The lowest BCUT2D eigenvalue weighted by atomic mass is 10.1. The summed E-state index contributed by atoms with van der Waals surface area (Å²) < 4.78 is 110. The minimum Gasteiger partial charge on any atom is -0.252 e. The minimum atomic E-state index is -6.60. The van der Waals surface area contributed by atoms with Gasteiger partial charge in [0.05, 0.1) is 6.20 Å². The Labute approximate surface area is 231 Å². The molecule has 0 aliphatic heterocycles. The molecule has 230 valence electrons. The summed E-state index contributed by atoms with van der Waals surface area (Å²) in [6.45, 7) is 3.27. The van der Waals surface area contributed by atoms with Crippen LogP contribution in [0.25, 0.3) is 11.3 Å². The van der Waals surface area contributed by atoms with E-state index in [9.17, 15) is 43.2 Å². The molecule has 0 atom stereocenters. The van der Waals surface area contributed by atoms with Gasteiger partial charge in [-0.25, -0.2) is 16.8 Å². The fraction of sp³-hybridized carbons (Fsp3) is 0.667. The van der Waals surface area contributed by atoms with Crippen LogP contribution in [0.3, 0.4) is 0 Å². The van der Waals surface area contributed by atoms with E-state index in [0.717, 1.165) is 17.8 Å². The number of hydrogen-bond donors (Lipinski definition) is 1. The Morgan fingerprint density at radius 1 is 0.700 bits per heavy atom. The van der Waals surface area contributed by atoms with E-state index in [4.69, 9.17) is 0 Å². The second kappa shape index (κ2) is 16.9. The second-order valence-corrected chi connectivity index (χ2v) is 12.7. The van der Waals surface area contributed by atoms with Crippen molar-refractivity contribution in [2.45, 2.75) is 102 Å². The van der Waals surface area contributed by atoms with Crippen molar-refractivity contribution in [1.82, 2.24) is 19.1 Å². The molecule has 1 aromatic carbocycles. The highest BCUT2D eigenvalue weighted by Gasteiger charge is 2.55. The highest BCUT2D eigenvalue weighted by atomic mass is 32.3. The van der Waals surface area contributed by atoms with Crippen LogP contribution in [-0.2, 0) is 26.6 Å². The average molecular weight is 623 g/mol. The van der Waals surface area contributed by atoms with Gasteiger partial charge in [-0.2, -0.15) is 26.3 Å². The minimum absolute atomic E-state index is 0.493. The van der Waals surface area contributed by atoms with Crippen LogP contribution in [0, 0.1) is 0 Å². The maximum Gasteiger partial charge on any atom is 0.512 e. The molecule has 16 heteroatoms. The van der Waals surface area contributed by atoms with Gasteiger partial charge in [0.1, 0.15) is 5.69 Å². The number of unbranched alkanes of at least 4 members (excludes halogenated alkanes) is 11. The van der Waals surface area contributed by atoms with Crippen molar-refractivity contribution in [2.24, 2.45) is 0 Å². The van der Waals surface area contributed by atoms with E-state index >= 15 is 0 Å². The topological polar surface area (TPSA) is 111 Å². The number of nitrogens with zero attached hydrogens (tertiary/aromatic N) is 3. The summed E-state index contributed by atoms with van der Waals surface area (Å²) in [4.78, 5) is 0. The highest BCUT2D eigenvalue weighted by molar-refractivity contribution is 8.05. The molecule has 1 aromatic heterocycles. The van der Waals surface area contributed by atoms with Crippen molar-refractivity contribution < 1.29 is 43.2 Å². The van der Waals surface area contributed by atoms with Gasteiger partial charge < -0.3 is 0 Å². The molecule has 0 spiro atoms. The molecule has 0 amide bonds. The number of halogens is 6. The molecule has 0 saturated heterocycles. The third-order valence-electron chi connectivity index (χ3n) is 5.68. The lowest BCUT2D eigenvalue weighted by Crippen LogP contribution is -2.45. The number of rotatable bonds is 16. The fourth-order valence-corrected chi connectivity index (χ4v) is 5.41. The van der Waals surface area contributed by atoms with E-state index in [1.165, 1.54) is 77.0 Å². The molecular formula is C24H36F6N4O4S2. The first-order valence-corrected chi connectivity index (χ1v) is 15.9. The smallest absolute Gasteiger partial charge is 0.252 e. The van der Waals surface area contributed by atoms with E-state index in [1.54, 1.807) is 0 Å². The van der Waals surface area contributed by atoms with Crippen LogP contribution in [0.1, 0.15) is 84.0 Å². The SMILES string of the molecule is CCCCCCCCCCCCCCn1cc(-c2ccccc2)nn1.O=S(=O)(NS(=O)(=O)C(F)(F)F)C(F)(F)F. The zero-order chi connectivity index (χ0) is 30.3. The normalized spacial score (nSPS) is 12.7. The Morgan fingerprint density at radius 2 is 1.12 bits per heavy atom. The third kappa shape index (κ3) is 13.4. The van der Waals surface area contributed by atoms with Gasteiger partial charge in [-0.1, -0.05) is 117 Å². The van der Waals surface area contributed by atoms with Crippen LogP contribution in [0.4, 0.5) is 26.3 Å². The number of benzene rings is 1. The van der Waals surface area contributed by atoms with Crippen LogP contribution in [0.2, 0.25) is 0 Å². The van der Waals surface area contributed by atoms with E-state index in [1.807, 2.05) is 22.9 Å². The second-order valence-electron chi connectivity index (χ2n) is 9.10. The van der Waals surface area contributed by atoms with Crippen molar-refractivity contribution >= 4 is 20.0 Å². The summed E-state index contributed by atoms with van der Waals surface area (Å²) in [5.74, 6) is 0. The molecule has 8 nitrogen and oxygen atoms in total. The molecule has 0 unspecified atom stereocenters. The Bertz CT molecular complexity index is 1140. The van der Waals surface area contributed by atoms with Crippen LogP contribution in [0.15, 0.2) is 36.5 Å². The van der Waals surface area contributed by atoms with Crippen LogP contribution < -0.4 is 4.13 Å². The predicted octanol–water partition coefficient (Wildman–Crippen LogP) is 6.92. The van der Waals surface area contributed by atoms with Gasteiger partial charge in [0.2, 0.25) is 0 Å². The van der Waals surface area contributed by atoms with Crippen molar-refractivity contribution in [3.63, 3.8) is 0 Å². The molecule has 2 aromatic rings. The van der Waals surface area contributed by atoms with Gasteiger partial charge in [-0.3, -0.25) is 4.68 Å². The molecule has 0 aliphatic rings. The van der Waals surface area contributed by atoms with E-state index < -0.39 is 35.2 Å². The fourth-order valence-electron chi connectivity index (χ4n) is 3.50. The molecule has 0 fully saturated rings. The van der Waals surface area contributed by atoms with Gasteiger partial charge >= 0.3 is 31.1 Å². The number of sulfonamides is 2. The van der Waals surface area contributed by atoms with Crippen molar-refractivity contribution in [1.29, 1.82) is 0 Å². The highest BCUT2D eigenvalue weighted by Crippen LogP contribution is 2.27. The van der Waals surface area contributed by atoms with E-state index in [-0.39, 0.29) is 0 Å². The van der Waals surface area contributed by atoms with Crippen LogP contribution >= 0.6 is 0 Å². The summed E-state index contributed by atoms with van der Waals surface area (Å²) in [6.07, 6.45) is 18.7. The van der Waals surface area contributed by atoms with E-state index in [2.05, 4.69) is 35.6 Å². The standard InChI is InChI=1S/C22H35N3.C2HF6NO4S2/c1-2-3-4-5-6-7-8-9-10-11-12-16-19-25-20-22(23-24-25)21-17-14-13-15-18-21;3-1(4,5)14(10,11)9-15(12,13)2(6,7)8/h13-15,17-18,20H,2-12,16,19H2,1H3;9H. The summed E-state index contributed by atoms with van der Waals surface area (Å²) >= 11 is 0. The first-order valence-electron chi connectivity index (χ1n) is 13.0. The molecule has 2 rings (SSSR count). The predicted molar refractivity (Wildman–Crippen MR) is 140 cm³/mol. The van der Waals surface area contributed by atoms with Crippen molar-refractivity contribution in [3.8, 4) is 11.3 Å². The quantitative estimate of drug-likeness (QED) is 0.161. The molecular weight excluding hydrogens is 586 g/mol. The van der Waals surface area contributed by atoms with Gasteiger partial charge in [0.15, 0.2) is 0 Å². The summed E-state index contributed by atoms with van der Waals surface area (Å²) in [5.41, 5.74) is -10.2. The number of aromatic nitrogens is 3. The van der Waals surface area contributed by atoms with Gasteiger partial charge in [0, 0.05) is 12.1 Å². The lowest BCUT2D eigenvalue weighted by Gasteiger charge is -2.11. The number of hydrogen-bond acceptors (Lipinski definition) is 6. The molecule has 40 heavy (non-hydrogen) atoms. The molecule has 1 heterocycles. The van der Waals surface area contributed by atoms with Gasteiger partial charge in [-0.05, 0) is 6.42 Å². The Morgan fingerprint density at radius 3 is 1.55 bits per heavy atom. The number of nitrogens with one attached hydrogen (secondary N) is 1. The Kier molecular flexibility index (Phi) is 15.2. The Hall–Kier alpha value is -2.20.